The molecule has 56 heavy (non-hydrogen) atoms. The molecule has 0 aliphatic carbocycles. The summed E-state index contributed by atoms with van der Waals surface area (Å²) in [6, 6.07) is 0. The molecule has 0 rings (SSSR count). The number of esters is 2. The van der Waals surface area contributed by atoms with E-state index in [0.29, 0.717) is 23.9 Å². The zero-order chi connectivity index (χ0) is 41.4. The topological polar surface area (TPSA) is 108 Å². The smallest absolute Gasteiger partial charge is 0.462 e. The Morgan fingerprint density at radius 3 is 1.59 bits per heavy atom. The molecule has 1 N–H and O–H groups in total. The molecule has 0 aromatic heterocycles. The maximum atomic E-state index is 12.7. The summed E-state index contributed by atoms with van der Waals surface area (Å²) in [4.78, 5) is 35.3. The van der Waals surface area contributed by atoms with E-state index in [0.717, 1.165) is 70.6 Å². The highest BCUT2D eigenvalue weighted by Crippen LogP contribution is 2.43. The number of rotatable bonds is 38. The molecule has 0 amide bonds. The molecular weight excluding hydrogens is 725 g/mol. The Morgan fingerprint density at radius 2 is 1.04 bits per heavy atom. The summed E-state index contributed by atoms with van der Waals surface area (Å²) in [6.07, 6.45) is 46.7. The number of carbonyl (C=O) groups excluding carboxylic acids is 2. The first kappa shape index (κ1) is 53.5. The number of hydrogen-bond acceptors (Lipinski definition) is 7. The van der Waals surface area contributed by atoms with Gasteiger partial charge >= 0.3 is 19.8 Å². The number of phosphoric acid groups is 1. The second-order valence-corrected chi connectivity index (χ2v) is 16.8. The zero-order valence-electron chi connectivity index (χ0n) is 36.1. The highest BCUT2D eigenvalue weighted by atomic mass is 31.2. The second kappa shape index (κ2) is 38.0. The summed E-state index contributed by atoms with van der Waals surface area (Å²) >= 11 is 0. The van der Waals surface area contributed by atoms with Gasteiger partial charge in [0.1, 0.15) is 19.8 Å². The zero-order valence-corrected chi connectivity index (χ0v) is 37.0. The highest BCUT2D eigenvalue weighted by molar-refractivity contribution is 7.47. The Hall–Kier alpha value is -2.55. The summed E-state index contributed by atoms with van der Waals surface area (Å²) < 4.78 is 34.2. The Balaban J connectivity index is 4.50. The average molecular weight is 807 g/mol. The van der Waals surface area contributed by atoms with Crippen LogP contribution in [0.15, 0.2) is 72.9 Å². The number of likely N-dealkylation sites (N-methyl/N-ethyl adjacent to an activating group) is 1. The van der Waals surface area contributed by atoms with E-state index in [-0.39, 0.29) is 26.1 Å². The minimum absolute atomic E-state index is 0.0163. The molecule has 0 saturated heterocycles. The fraction of sp³-hybridized carbons (Fsp3) is 0.696. The number of quaternary nitrogens is 1. The van der Waals surface area contributed by atoms with E-state index in [1.165, 1.54) is 44.9 Å². The van der Waals surface area contributed by atoms with Crippen molar-refractivity contribution in [3.8, 4) is 0 Å². The molecule has 9 nitrogen and oxygen atoms in total. The molecule has 0 aromatic carbocycles. The lowest BCUT2D eigenvalue weighted by Gasteiger charge is -2.24. The Morgan fingerprint density at radius 1 is 0.571 bits per heavy atom. The van der Waals surface area contributed by atoms with Crippen molar-refractivity contribution in [2.45, 2.75) is 161 Å². The number of hydrogen-bond donors (Lipinski definition) is 1. The van der Waals surface area contributed by atoms with E-state index >= 15 is 0 Å². The lowest BCUT2D eigenvalue weighted by molar-refractivity contribution is -0.870. The van der Waals surface area contributed by atoms with Crippen LogP contribution in [0.4, 0.5) is 0 Å². The number of carbonyl (C=O) groups is 2. The molecule has 0 radical (unpaired) electrons. The molecular formula is C46H81NO8P+. The monoisotopic (exact) mass is 807 g/mol. The number of allylic oxidation sites excluding steroid dienone is 12. The van der Waals surface area contributed by atoms with Crippen molar-refractivity contribution in [3.63, 3.8) is 0 Å². The van der Waals surface area contributed by atoms with Crippen LogP contribution in [-0.4, -0.2) is 74.9 Å². The van der Waals surface area contributed by atoms with E-state index in [9.17, 15) is 19.0 Å². The average Bonchev–Trinajstić information content (AvgIpc) is 3.15. The van der Waals surface area contributed by atoms with Crippen molar-refractivity contribution in [2.75, 3.05) is 47.5 Å². The van der Waals surface area contributed by atoms with Gasteiger partial charge in [-0.2, -0.15) is 0 Å². The first-order chi connectivity index (χ1) is 27.0. The van der Waals surface area contributed by atoms with Crippen molar-refractivity contribution < 1.29 is 42.1 Å². The van der Waals surface area contributed by atoms with Crippen molar-refractivity contribution in [3.05, 3.63) is 72.9 Å². The summed E-state index contributed by atoms with van der Waals surface area (Å²) in [7, 11) is 1.42. The predicted octanol–water partition coefficient (Wildman–Crippen LogP) is 12.2. The Labute approximate surface area is 342 Å². The largest absolute Gasteiger partial charge is 0.472 e. The Kier molecular flexibility index (Phi) is 36.3. The van der Waals surface area contributed by atoms with Crippen LogP contribution < -0.4 is 0 Å². The van der Waals surface area contributed by atoms with E-state index in [1.54, 1.807) is 0 Å². The molecule has 0 aliphatic rings. The highest BCUT2D eigenvalue weighted by Gasteiger charge is 2.27. The Bertz CT molecular complexity index is 1180. The molecule has 0 spiro atoms. The molecule has 0 bridgehead atoms. The SMILES string of the molecule is CC/C=C\C/C=C\C/C=C\C/C=C\C/C=C\CCCC(=O)OC(COC(=O)CCCCCCC/C=C\CCCCCCCC)COP(=O)(O)OCC[N+](C)(C)C. The maximum absolute atomic E-state index is 12.7. The molecule has 2 atom stereocenters. The fourth-order valence-electron chi connectivity index (χ4n) is 5.34. The second-order valence-electron chi connectivity index (χ2n) is 15.3. The third-order valence-corrected chi connectivity index (χ3v) is 9.70. The lowest BCUT2D eigenvalue weighted by atomic mass is 10.1. The van der Waals surface area contributed by atoms with Crippen molar-refractivity contribution >= 4 is 19.8 Å². The molecule has 0 heterocycles. The van der Waals surface area contributed by atoms with E-state index < -0.39 is 32.5 Å². The maximum Gasteiger partial charge on any atom is 0.472 e. The summed E-state index contributed by atoms with van der Waals surface area (Å²) in [5, 5.41) is 0. The minimum atomic E-state index is -4.39. The van der Waals surface area contributed by atoms with Crippen LogP contribution in [0.2, 0.25) is 0 Å². The summed E-state index contributed by atoms with van der Waals surface area (Å²) in [6.45, 7) is 4.21. The summed E-state index contributed by atoms with van der Waals surface area (Å²) in [5.74, 6) is -0.883. The minimum Gasteiger partial charge on any atom is -0.462 e. The lowest BCUT2D eigenvalue weighted by Crippen LogP contribution is -2.37. The van der Waals surface area contributed by atoms with Gasteiger partial charge in [0.05, 0.1) is 27.7 Å². The van der Waals surface area contributed by atoms with Crippen LogP contribution in [0.25, 0.3) is 0 Å². The van der Waals surface area contributed by atoms with Crippen LogP contribution in [0.3, 0.4) is 0 Å². The van der Waals surface area contributed by atoms with E-state index in [2.05, 4.69) is 80.7 Å². The molecule has 0 saturated carbocycles. The van der Waals surface area contributed by atoms with E-state index in [4.69, 9.17) is 18.5 Å². The van der Waals surface area contributed by atoms with Crippen molar-refractivity contribution in [1.82, 2.24) is 0 Å². The molecule has 322 valence electrons. The van der Waals surface area contributed by atoms with Gasteiger partial charge in [0, 0.05) is 12.8 Å². The summed E-state index contributed by atoms with van der Waals surface area (Å²) in [5.41, 5.74) is 0. The van der Waals surface area contributed by atoms with Crippen LogP contribution in [0.1, 0.15) is 155 Å². The first-order valence-corrected chi connectivity index (χ1v) is 23.2. The number of ether oxygens (including phenoxy) is 2. The van der Waals surface area contributed by atoms with Gasteiger partial charge in [-0.05, 0) is 77.0 Å². The van der Waals surface area contributed by atoms with Gasteiger partial charge in [-0.1, -0.05) is 138 Å². The van der Waals surface area contributed by atoms with Gasteiger partial charge in [-0.25, -0.2) is 4.57 Å². The van der Waals surface area contributed by atoms with Gasteiger partial charge in [-0.15, -0.1) is 0 Å². The third kappa shape index (κ3) is 41.1. The van der Waals surface area contributed by atoms with Gasteiger partial charge in [0.15, 0.2) is 6.10 Å². The molecule has 10 heteroatoms. The van der Waals surface area contributed by atoms with Crippen LogP contribution in [0, 0.1) is 0 Å². The molecule has 0 aliphatic heterocycles. The normalized spacial score (nSPS) is 14.3. The fourth-order valence-corrected chi connectivity index (χ4v) is 6.08. The van der Waals surface area contributed by atoms with Crippen LogP contribution in [0.5, 0.6) is 0 Å². The van der Waals surface area contributed by atoms with Crippen molar-refractivity contribution in [2.24, 2.45) is 0 Å². The van der Waals surface area contributed by atoms with Crippen LogP contribution >= 0.6 is 7.82 Å². The van der Waals surface area contributed by atoms with Gasteiger partial charge in [0.2, 0.25) is 0 Å². The quantitative estimate of drug-likeness (QED) is 0.0216. The van der Waals surface area contributed by atoms with E-state index in [1.807, 2.05) is 27.2 Å². The predicted molar refractivity (Wildman–Crippen MR) is 233 cm³/mol. The van der Waals surface area contributed by atoms with Crippen molar-refractivity contribution in [1.29, 1.82) is 0 Å². The number of nitrogens with zero attached hydrogens (tertiary/aromatic N) is 1. The molecule has 0 fully saturated rings. The molecule has 0 aromatic rings. The number of unbranched alkanes of at least 4 members (excludes halogenated alkanes) is 12. The first-order valence-electron chi connectivity index (χ1n) is 21.7. The van der Waals surface area contributed by atoms with Gasteiger partial charge < -0.3 is 18.9 Å². The number of phosphoric ester groups is 1. The van der Waals surface area contributed by atoms with Gasteiger partial charge in [-0.3, -0.25) is 18.6 Å². The van der Waals surface area contributed by atoms with Gasteiger partial charge in [0.25, 0.3) is 0 Å². The van der Waals surface area contributed by atoms with Crippen LogP contribution in [-0.2, 0) is 32.7 Å². The third-order valence-electron chi connectivity index (χ3n) is 8.72. The standard InChI is InChI=1S/C46H80NO8P/c1-6-8-10-12-14-16-18-20-22-23-25-27-29-31-33-35-37-39-46(49)55-44(43-54-56(50,51)53-41-40-47(3,4)5)42-52-45(48)38-36-34-32-30-28-26-24-21-19-17-15-13-11-9-7-2/h8,10,14,16,20-22,24-25,27,31,33,44H,6-7,9,11-13,15,17-19,23,26,28-30,32,34-43H2,1-5H3/p+1/b10-8-,16-14-,22-20-,24-21-,27-25-,33-31-. The molecule has 2 unspecified atom stereocenters.